The predicted molar refractivity (Wildman–Crippen MR) is 39.6 cm³/mol. The molecule has 1 rings (SSSR count). The van der Waals surface area contributed by atoms with Crippen LogP contribution in [0.15, 0.2) is 24.4 Å². The van der Waals surface area contributed by atoms with Crippen molar-refractivity contribution in [3.05, 3.63) is 30.1 Å². The highest BCUT2D eigenvalue weighted by molar-refractivity contribution is 5.69. The van der Waals surface area contributed by atoms with Gasteiger partial charge < -0.3 is 15.6 Å². The second-order valence-corrected chi connectivity index (χ2v) is 2.54. The molecule has 1 aromatic rings. The Balaban J connectivity index is 2.58. The number of rotatable bonds is 3. The third-order valence-electron chi connectivity index (χ3n) is 1.52. The number of carboxylic acids is 1. The summed E-state index contributed by atoms with van der Waals surface area (Å²) in [6.45, 7) is 0. The van der Waals surface area contributed by atoms with Crippen LogP contribution in [0.25, 0.3) is 0 Å². The zero-order valence-electron chi connectivity index (χ0n) is 6.56. The van der Waals surface area contributed by atoms with Crippen LogP contribution in [0.3, 0.4) is 0 Å². The lowest BCUT2D eigenvalue weighted by atomic mass is 10.1. The van der Waals surface area contributed by atoms with Crippen LogP contribution >= 0.6 is 0 Å². The fourth-order valence-corrected chi connectivity index (χ4v) is 0.855. The minimum atomic E-state index is -1.14. The standard InChI is InChI=1S/C8H10N2O2/c9-7(8(11)12)5-6-3-1-2-4-10-6/h1-4,7H,5,9H2,(H,11,12)/t7-/m1/s1. The van der Waals surface area contributed by atoms with Crippen LogP contribution in [-0.4, -0.2) is 17.0 Å². The third-order valence-corrected chi connectivity index (χ3v) is 1.52. The van der Waals surface area contributed by atoms with Gasteiger partial charge in [0.25, 0.3) is 0 Å². The number of nitrogens with zero attached hydrogens (tertiary/aromatic N) is 1. The minimum Gasteiger partial charge on any atom is -0.544 e. The maximum atomic E-state index is 10.3. The van der Waals surface area contributed by atoms with E-state index >= 15 is 0 Å². The molecule has 1 heterocycles. The van der Waals surface area contributed by atoms with E-state index in [1.54, 1.807) is 18.3 Å². The van der Waals surface area contributed by atoms with Gasteiger partial charge in [0.2, 0.25) is 0 Å². The van der Waals surface area contributed by atoms with Gasteiger partial charge in [-0.1, -0.05) is 6.07 Å². The number of carbonyl (C=O) groups is 1. The molecule has 0 fully saturated rings. The fourth-order valence-electron chi connectivity index (χ4n) is 0.855. The molecule has 0 aliphatic rings. The number of hydrogen-bond donors (Lipinski definition) is 1. The first-order valence-corrected chi connectivity index (χ1v) is 3.64. The molecule has 12 heavy (non-hydrogen) atoms. The van der Waals surface area contributed by atoms with Crippen LogP contribution in [0.2, 0.25) is 0 Å². The summed E-state index contributed by atoms with van der Waals surface area (Å²) >= 11 is 0. The van der Waals surface area contributed by atoms with Crippen LogP contribution in [0, 0.1) is 0 Å². The molecule has 0 saturated heterocycles. The van der Waals surface area contributed by atoms with Crippen LogP contribution in [0.1, 0.15) is 5.69 Å². The molecule has 0 amide bonds. The molecule has 0 aliphatic carbocycles. The normalized spacial score (nSPS) is 12.4. The Labute approximate surface area is 70.0 Å². The maximum absolute atomic E-state index is 10.3. The number of aliphatic carboxylic acids is 1. The van der Waals surface area contributed by atoms with Gasteiger partial charge in [-0.2, -0.15) is 0 Å². The van der Waals surface area contributed by atoms with Gasteiger partial charge >= 0.3 is 0 Å². The molecular formula is C8H10N2O2. The van der Waals surface area contributed by atoms with E-state index in [0.717, 1.165) is 5.69 Å². The molecule has 0 spiro atoms. The van der Waals surface area contributed by atoms with Crippen molar-refractivity contribution >= 4 is 5.97 Å². The zero-order valence-corrected chi connectivity index (χ0v) is 6.56. The average Bonchev–Trinajstić information content (AvgIpc) is 2.06. The van der Waals surface area contributed by atoms with Crippen molar-refractivity contribution in [1.29, 1.82) is 0 Å². The Morgan fingerprint density at radius 3 is 2.92 bits per heavy atom. The van der Waals surface area contributed by atoms with E-state index in [0.29, 0.717) is 6.42 Å². The molecule has 0 aromatic carbocycles. The average molecular weight is 166 g/mol. The highest BCUT2D eigenvalue weighted by Crippen LogP contribution is 1.95. The zero-order chi connectivity index (χ0) is 8.97. The van der Waals surface area contributed by atoms with Gasteiger partial charge in [0.1, 0.15) is 6.04 Å². The van der Waals surface area contributed by atoms with Gasteiger partial charge in [-0.3, -0.25) is 4.98 Å². The highest BCUT2D eigenvalue weighted by Gasteiger charge is 2.08. The number of aromatic nitrogens is 1. The van der Waals surface area contributed by atoms with Crippen LogP contribution < -0.4 is 10.8 Å². The van der Waals surface area contributed by atoms with Crippen molar-refractivity contribution in [3.8, 4) is 0 Å². The van der Waals surface area contributed by atoms with Crippen LogP contribution in [0.4, 0.5) is 0 Å². The number of pyridine rings is 1. The predicted octanol–water partition coefficient (Wildman–Crippen LogP) is -2.02. The van der Waals surface area contributed by atoms with E-state index in [-0.39, 0.29) is 0 Å². The number of carboxylic acid groups (broad SMARTS) is 1. The summed E-state index contributed by atoms with van der Waals surface area (Å²) in [5.74, 6) is -1.14. The molecule has 0 aliphatic heterocycles. The van der Waals surface area contributed by atoms with Gasteiger partial charge in [0.05, 0.1) is 5.97 Å². The van der Waals surface area contributed by atoms with Crippen molar-refractivity contribution in [2.45, 2.75) is 12.5 Å². The first-order valence-electron chi connectivity index (χ1n) is 3.64. The van der Waals surface area contributed by atoms with Crippen LogP contribution in [-0.2, 0) is 11.2 Å². The Hall–Kier alpha value is -1.42. The van der Waals surface area contributed by atoms with Gasteiger partial charge in [0.15, 0.2) is 0 Å². The van der Waals surface area contributed by atoms with Gasteiger partial charge in [-0.05, 0) is 12.1 Å². The summed E-state index contributed by atoms with van der Waals surface area (Å²) in [7, 11) is 0. The molecule has 0 saturated carbocycles. The largest absolute Gasteiger partial charge is 0.544 e. The lowest BCUT2D eigenvalue weighted by Gasteiger charge is -2.07. The van der Waals surface area contributed by atoms with Crippen LogP contribution in [0.5, 0.6) is 0 Å². The molecule has 1 aromatic heterocycles. The minimum absolute atomic E-state index is 0.323. The Morgan fingerprint density at radius 2 is 2.42 bits per heavy atom. The molecule has 64 valence electrons. The summed E-state index contributed by atoms with van der Waals surface area (Å²) < 4.78 is 0. The summed E-state index contributed by atoms with van der Waals surface area (Å²) in [6.07, 6.45) is 1.94. The van der Waals surface area contributed by atoms with E-state index < -0.39 is 12.0 Å². The van der Waals surface area contributed by atoms with Gasteiger partial charge in [-0.15, -0.1) is 0 Å². The lowest BCUT2D eigenvalue weighted by molar-refractivity contribution is -0.437. The van der Waals surface area contributed by atoms with Crippen molar-refractivity contribution in [3.63, 3.8) is 0 Å². The smallest absolute Gasteiger partial charge is 0.130 e. The molecule has 1 atom stereocenters. The van der Waals surface area contributed by atoms with E-state index in [2.05, 4.69) is 10.7 Å². The second kappa shape index (κ2) is 3.82. The number of carbonyl (C=O) groups excluding carboxylic acids is 1. The topological polar surface area (TPSA) is 80.7 Å². The van der Waals surface area contributed by atoms with E-state index in [1.165, 1.54) is 0 Å². The molecule has 0 unspecified atom stereocenters. The second-order valence-electron chi connectivity index (χ2n) is 2.54. The molecule has 0 bridgehead atoms. The molecule has 4 nitrogen and oxygen atoms in total. The van der Waals surface area contributed by atoms with Crippen molar-refractivity contribution in [2.24, 2.45) is 0 Å². The van der Waals surface area contributed by atoms with Crippen molar-refractivity contribution in [1.82, 2.24) is 4.98 Å². The van der Waals surface area contributed by atoms with Crippen molar-refractivity contribution in [2.75, 3.05) is 0 Å². The summed E-state index contributed by atoms with van der Waals surface area (Å²) in [4.78, 5) is 14.3. The first-order chi connectivity index (χ1) is 5.70. The number of quaternary nitrogens is 1. The Bertz CT molecular complexity index is 261. The molecule has 0 radical (unpaired) electrons. The summed E-state index contributed by atoms with van der Waals surface area (Å²) in [6, 6.07) is 4.63. The number of hydrogen-bond acceptors (Lipinski definition) is 3. The maximum Gasteiger partial charge on any atom is 0.130 e. The molecular weight excluding hydrogens is 156 g/mol. The summed E-state index contributed by atoms with van der Waals surface area (Å²) in [5.41, 5.74) is 4.15. The summed E-state index contributed by atoms with van der Waals surface area (Å²) in [5, 5.41) is 10.3. The fraction of sp³-hybridized carbons (Fsp3) is 0.250. The molecule has 4 heteroatoms. The third kappa shape index (κ3) is 2.32. The van der Waals surface area contributed by atoms with E-state index in [9.17, 15) is 9.90 Å². The Morgan fingerprint density at radius 1 is 1.67 bits per heavy atom. The van der Waals surface area contributed by atoms with E-state index in [4.69, 9.17) is 0 Å². The van der Waals surface area contributed by atoms with Crippen molar-refractivity contribution < 1.29 is 15.6 Å². The Kier molecular flexibility index (Phi) is 2.76. The first kappa shape index (κ1) is 8.67. The monoisotopic (exact) mass is 166 g/mol. The van der Waals surface area contributed by atoms with E-state index in [1.807, 2.05) is 6.07 Å². The SMILES string of the molecule is [NH3+][C@H](Cc1ccccn1)C(=O)[O-]. The quantitative estimate of drug-likeness (QED) is 0.563. The van der Waals surface area contributed by atoms with Gasteiger partial charge in [0, 0.05) is 18.3 Å². The lowest BCUT2D eigenvalue weighted by Crippen LogP contribution is -2.69. The van der Waals surface area contributed by atoms with Gasteiger partial charge in [-0.25, -0.2) is 0 Å². The highest BCUT2D eigenvalue weighted by atomic mass is 16.4. The molecule has 3 N–H and O–H groups in total.